The van der Waals surface area contributed by atoms with E-state index in [1.54, 1.807) is 0 Å². The van der Waals surface area contributed by atoms with Crippen molar-refractivity contribution in [2.75, 3.05) is 26.7 Å². The van der Waals surface area contributed by atoms with Crippen LogP contribution >= 0.6 is 24.8 Å². The van der Waals surface area contributed by atoms with Gasteiger partial charge in [0, 0.05) is 19.5 Å². The second-order valence-electron chi connectivity index (χ2n) is 6.71. The number of halogens is 2. The molecule has 6 heteroatoms. The molecule has 1 aliphatic rings. The molecule has 25 heavy (non-hydrogen) atoms. The van der Waals surface area contributed by atoms with Gasteiger partial charge in [-0.15, -0.1) is 24.8 Å². The molecule has 0 spiro atoms. The summed E-state index contributed by atoms with van der Waals surface area (Å²) in [5.74, 6) is 1.00. The molecule has 0 saturated carbocycles. The molecule has 4 nitrogen and oxygen atoms in total. The Balaban J connectivity index is 0.00000288. The predicted molar refractivity (Wildman–Crippen MR) is 110 cm³/mol. The first-order chi connectivity index (χ1) is 11.2. The Labute approximate surface area is 164 Å². The van der Waals surface area contributed by atoms with Gasteiger partial charge in [-0.3, -0.25) is 9.69 Å². The summed E-state index contributed by atoms with van der Waals surface area (Å²) in [5.41, 5.74) is 2.59. The van der Waals surface area contributed by atoms with E-state index in [9.17, 15) is 4.79 Å². The lowest BCUT2D eigenvalue weighted by Crippen LogP contribution is -2.33. The quantitative estimate of drug-likeness (QED) is 0.669. The van der Waals surface area contributed by atoms with Gasteiger partial charge in [0.2, 0.25) is 5.91 Å². The summed E-state index contributed by atoms with van der Waals surface area (Å²) in [5, 5.41) is 6.13. The van der Waals surface area contributed by atoms with Gasteiger partial charge >= 0.3 is 0 Å². The predicted octanol–water partition coefficient (Wildman–Crippen LogP) is 3.38. The number of carbonyl (C=O) groups excluding carboxylic acids is 1. The Morgan fingerprint density at radius 2 is 1.80 bits per heavy atom. The second-order valence-corrected chi connectivity index (χ2v) is 6.71. The maximum absolute atomic E-state index is 11.9. The van der Waals surface area contributed by atoms with Crippen molar-refractivity contribution in [1.82, 2.24) is 15.5 Å². The van der Waals surface area contributed by atoms with Gasteiger partial charge in [-0.25, -0.2) is 0 Å². The largest absolute Gasteiger partial charge is 0.352 e. The number of amides is 1. The topological polar surface area (TPSA) is 44.4 Å². The van der Waals surface area contributed by atoms with E-state index in [1.807, 2.05) is 7.05 Å². The molecule has 1 saturated heterocycles. The minimum atomic E-state index is 0. The molecule has 0 aliphatic carbocycles. The molecule has 1 aliphatic heterocycles. The summed E-state index contributed by atoms with van der Waals surface area (Å²) in [6.07, 6.45) is 4.07. The number of piperidine rings is 1. The Morgan fingerprint density at radius 1 is 1.16 bits per heavy atom. The molecule has 0 radical (unpaired) electrons. The van der Waals surface area contributed by atoms with Crippen LogP contribution in [0.1, 0.15) is 43.7 Å². The van der Waals surface area contributed by atoms with Crippen molar-refractivity contribution in [1.29, 1.82) is 0 Å². The van der Waals surface area contributed by atoms with Crippen LogP contribution in [0.4, 0.5) is 0 Å². The lowest BCUT2D eigenvalue weighted by atomic mass is 9.98. The highest BCUT2D eigenvalue weighted by molar-refractivity contribution is 5.85. The van der Waals surface area contributed by atoms with E-state index >= 15 is 0 Å². The van der Waals surface area contributed by atoms with Crippen LogP contribution in [0.3, 0.4) is 0 Å². The maximum atomic E-state index is 11.9. The van der Waals surface area contributed by atoms with Gasteiger partial charge < -0.3 is 10.6 Å². The van der Waals surface area contributed by atoms with Crippen molar-refractivity contribution >= 4 is 30.7 Å². The average Bonchev–Trinajstić information content (AvgIpc) is 2.56. The fourth-order valence-electron chi connectivity index (χ4n) is 3.05. The molecule has 2 N–H and O–H groups in total. The van der Waals surface area contributed by atoms with Gasteiger partial charge in [0.15, 0.2) is 0 Å². The molecule has 1 aromatic rings. The summed E-state index contributed by atoms with van der Waals surface area (Å²) in [6.45, 7) is 7.24. The van der Waals surface area contributed by atoms with Crippen molar-refractivity contribution in [3.8, 4) is 0 Å². The Hall–Kier alpha value is -0.810. The van der Waals surface area contributed by atoms with Crippen molar-refractivity contribution in [2.24, 2.45) is 5.92 Å². The van der Waals surface area contributed by atoms with Gasteiger partial charge in [-0.1, -0.05) is 31.2 Å². The number of likely N-dealkylation sites (tertiary alicyclic amines) is 1. The first-order valence-corrected chi connectivity index (χ1v) is 8.89. The SMILES string of the molecule is CNCCCC(=O)NCc1ccccc1CN1CCC(C)CC1.Cl.Cl. The summed E-state index contributed by atoms with van der Waals surface area (Å²) in [4.78, 5) is 14.4. The number of benzene rings is 1. The molecule has 1 fully saturated rings. The van der Waals surface area contributed by atoms with E-state index in [0.29, 0.717) is 13.0 Å². The lowest BCUT2D eigenvalue weighted by molar-refractivity contribution is -0.121. The van der Waals surface area contributed by atoms with Crippen LogP contribution in [-0.2, 0) is 17.9 Å². The molecule has 144 valence electrons. The van der Waals surface area contributed by atoms with Crippen molar-refractivity contribution in [2.45, 2.75) is 45.7 Å². The second kappa shape index (κ2) is 13.4. The molecule has 1 amide bonds. The van der Waals surface area contributed by atoms with Crippen molar-refractivity contribution in [3.63, 3.8) is 0 Å². The zero-order valence-corrected chi connectivity index (χ0v) is 17.1. The van der Waals surface area contributed by atoms with Crippen LogP contribution in [0.2, 0.25) is 0 Å². The summed E-state index contributed by atoms with van der Waals surface area (Å²) in [7, 11) is 1.91. The summed E-state index contributed by atoms with van der Waals surface area (Å²) >= 11 is 0. The van der Waals surface area contributed by atoms with E-state index in [0.717, 1.165) is 25.4 Å². The monoisotopic (exact) mass is 389 g/mol. The summed E-state index contributed by atoms with van der Waals surface area (Å²) < 4.78 is 0. The normalized spacial score (nSPS) is 15.1. The van der Waals surface area contributed by atoms with Crippen LogP contribution in [-0.4, -0.2) is 37.5 Å². The minimum absolute atomic E-state index is 0. The van der Waals surface area contributed by atoms with E-state index in [4.69, 9.17) is 0 Å². The zero-order valence-electron chi connectivity index (χ0n) is 15.4. The molecule has 2 rings (SSSR count). The maximum Gasteiger partial charge on any atom is 0.220 e. The van der Waals surface area contributed by atoms with E-state index in [2.05, 4.69) is 46.7 Å². The molecule has 1 heterocycles. The smallest absolute Gasteiger partial charge is 0.220 e. The van der Waals surface area contributed by atoms with Crippen LogP contribution in [0, 0.1) is 5.92 Å². The first-order valence-electron chi connectivity index (χ1n) is 8.89. The van der Waals surface area contributed by atoms with E-state index < -0.39 is 0 Å². The van der Waals surface area contributed by atoms with Crippen LogP contribution in [0.15, 0.2) is 24.3 Å². The Kier molecular flexibility index (Phi) is 13.0. The average molecular weight is 390 g/mol. The number of hydrogen-bond donors (Lipinski definition) is 2. The third-order valence-corrected chi connectivity index (χ3v) is 4.70. The summed E-state index contributed by atoms with van der Waals surface area (Å²) in [6, 6.07) is 8.49. The highest BCUT2D eigenvalue weighted by Crippen LogP contribution is 2.19. The fraction of sp³-hybridized carbons (Fsp3) is 0.632. The van der Waals surface area contributed by atoms with Crippen molar-refractivity contribution < 1.29 is 4.79 Å². The van der Waals surface area contributed by atoms with Gasteiger partial charge in [0.1, 0.15) is 0 Å². The number of nitrogens with zero attached hydrogens (tertiary/aromatic N) is 1. The molecule has 0 unspecified atom stereocenters. The minimum Gasteiger partial charge on any atom is -0.352 e. The van der Waals surface area contributed by atoms with Crippen LogP contribution < -0.4 is 10.6 Å². The third kappa shape index (κ3) is 8.91. The van der Waals surface area contributed by atoms with Gasteiger partial charge in [-0.2, -0.15) is 0 Å². The number of nitrogens with one attached hydrogen (secondary N) is 2. The highest BCUT2D eigenvalue weighted by atomic mass is 35.5. The van der Waals surface area contributed by atoms with Gasteiger partial charge in [0.25, 0.3) is 0 Å². The molecule has 1 aromatic carbocycles. The standard InChI is InChI=1S/C19H31N3O.2ClH/c1-16-9-12-22(13-10-16)15-18-7-4-3-6-17(18)14-21-19(23)8-5-11-20-2;;/h3-4,6-7,16,20H,5,8-15H2,1-2H3,(H,21,23);2*1H. The zero-order chi connectivity index (χ0) is 16.5. The Morgan fingerprint density at radius 3 is 2.44 bits per heavy atom. The number of carbonyl (C=O) groups is 1. The first kappa shape index (κ1) is 24.2. The van der Waals surface area contributed by atoms with Gasteiger partial charge in [-0.05, 0) is 63.0 Å². The van der Waals surface area contributed by atoms with Gasteiger partial charge in [0.05, 0.1) is 0 Å². The van der Waals surface area contributed by atoms with E-state index in [1.165, 1.54) is 37.1 Å². The molecule has 0 aromatic heterocycles. The molecule has 0 bridgehead atoms. The van der Waals surface area contributed by atoms with E-state index in [-0.39, 0.29) is 30.7 Å². The third-order valence-electron chi connectivity index (χ3n) is 4.70. The molecule has 0 atom stereocenters. The Bertz CT molecular complexity index is 491. The van der Waals surface area contributed by atoms with Crippen molar-refractivity contribution in [3.05, 3.63) is 35.4 Å². The lowest BCUT2D eigenvalue weighted by Gasteiger charge is -2.30. The molecular formula is C19H33Cl2N3O. The van der Waals surface area contributed by atoms with Crippen LogP contribution in [0.5, 0.6) is 0 Å². The fourth-order valence-corrected chi connectivity index (χ4v) is 3.05. The number of rotatable bonds is 8. The number of hydrogen-bond acceptors (Lipinski definition) is 3. The molecular weight excluding hydrogens is 357 g/mol. The van der Waals surface area contributed by atoms with Crippen LogP contribution in [0.25, 0.3) is 0 Å². The highest BCUT2D eigenvalue weighted by Gasteiger charge is 2.16.